The number of carbonyl (C=O) groups excluding carboxylic acids is 3. The Labute approximate surface area is 415 Å². The smallest absolute Gasteiger partial charge is 0.462 e. The molecule has 1 aromatic heterocycles. The van der Waals surface area contributed by atoms with Crippen molar-refractivity contribution < 1.29 is 71.1 Å². The molecular weight excluding hydrogens is 948 g/mol. The van der Waals surface area contributed by atoms with E-state index in [0.29, 0.717) is 25.7 Å². The summed E-state index contributed by atoms with van der Waals surface area (Å²) in [5.41, 5.74) is 4.58. The average Bonchev–Trinajstić information content (AvgIpc) is 3.58. The molecule has 6 N–H and O–H groups in total. The Balaban J connectivity index is 1.82. The summed E-state index contributed by atoms with van der Waals surface area (Å²) >= 11 is 0. The molecule has 0 amide bonds. The van der Waals surface area contributed by atoms with Crippen LogP contribution in [0.5, 0.6) is 0 Å². The topological polar surface area (TPSA) is 283 Å². The van der Waals surface area contributed by atoms with Crippen LogP contribution < -0.4 is 11.4 Å². The maximum atomic E-state index is 12.9. The molecule has 2 unspecified atom stereocenters. The molecule has 0 aliphatic carbocycles. The van der Waals surface area contributed by atoms with Gasteiger partial charge in [-0.15, -0.1) is 0 Å². The van der Waals surface area contributed by atoms with Crippen LogP contribution in [0, 0.1) is 5.92 Å². The van der Waals surface area contributed by atoms with Crippen molar-refractivity contribution in [1.82, 2.24) is 9.55 Å². The zero-order chi connectivity index (χ0) is 51.6. The van der Waals surface area contributed by atoms with E-state index < -0.39 is 83.7 Å². The lowest BCUT2D eigenvalue weighted by Gasteiger charge is -2.21. The van der Waals surface area contributed by atoms with Gasteiger partial charge in [0.15, 0.2) is 18.1 Å². The van der Waals surface area contributed by atoms with E-state index >= 15 is 0 Å². The minimum absolute atomic E-state index is 0.0285. The normalized spacial score (nSPS) is 19.4. The van der Waals surface area contributed by atoms with Gasteiger partial charge in [-0.05, 0) is 50.2 Å². The number of rotatable bonds is 42. The predicted octanol–water partition coefficient (Wildman–Crippen LogP) is 9.65. The number of anilines is 1. The fourth-order valence-corrected chi connectivity index (χ4v) is 9.77. The second-order valence-corrected chi connectivity index (χ2v) is 21.6. The third kappa shape index (κ3) is 30.1. The molecule has 1 aliphatic heterocycles. The molecule has 21 heteroatoms. The van der Waals surface area contributed by atoms with Crippen LogP contribution in [-0.4, -0.2) is 91.5 Å². The first kappa shape index (κ1) is 63.0. The third-order valence-electron chi connectivity index (χ3n) is 11.7. The van der Waals surface area contributed by atoms with Crippen LogP contribution in [-0.2, 0) is 51.1 Å². The van der Waals surface area contributed by atoms with Crippen LogP contribution in [0.15, 0.2) is 41.4 Å². The third-order valence-corrected chi connectivity index (χ3v) is 14.3. The van der Waals surface area contributed by atoms with Crippen molar-refractivity contribution in [2.24, 2.45) is 5.92 Å². The Morgan fingerprint density at radius 2 is 1.31 bits per heavy atom. The van der Waals surface area contributed by atoms with E-state index in [0.717, 1.165) is 74.5 Å². The van der Waals surface area contributed by atoms with Gasteiger partial charge in [0.2, 0.25) is 0 Å². The number of ether oxygens (including phenoxy) is 3. The van der Waals surface area contributed by atoms with E-state index in [9.17, 15) is 48.3 Å². The number of nitrogens with two attached hydrogens (primary N) is 1. The first-order valence-electron chi connectivity index (χ1n) is 25.7. The Kier molecular flexibility index (Phi) is 33.1. The number of phosphoric acid groups is 2. The number of aromatic nitrogens is 2. The Hall–Kier alpha value is -3.09. The molecule has 0 saturated carbocycles. The monoisotopic (exact) mass is 1030 g/mol. The van der Waals surface area contributed by atoms with Gasteiger partial charge < -0.3 is 39.9 Å². The first-order valence-corrected chi connectivity index (χ1v) is 28.7. The minimum atomic E-state index is -5.44. The molecule has 0 spiro atoms. The standard InChI is InChI=1S/C49H85N3O16P2/c1-4-5-6-7-15-20-25-30-40(53)31-26-21-18-23-27-32-44(54)63-36-41(66-45(55)33-28-22-17-14-12-10-8-9-11-13-16-19-24-29-39(2)3)37-64-69(59,60)68-70(61,62)65-38-42-46(56)47(57)48(67-42)52-35-34-43(50)51-49(52)58/h15,20,25,30,34-35,39,41-42,46-48,56-57H,4-14,16-19,21-24,26-29,31-33,36-38H2,1-3H3,(H,59,60)(H,61,62)(H2,50,51,58)/b20-15-,30-25+/t41-,42-,46-,47-,48-/m1/s1. The molecule has 1 aliphatic rings. The van der Waals surface area contributed by atoms with Gasteiger partial charge >= 0.3 is 33.3 Å². The summed E-state index contributed by atoms with van der Waals surface area (Å²) in [6.07, 6.45) is 25.1. The molecule has 0 aromatic carbocycles. The molecule has 7 atom stereocenters. The number of aliphatic hydroxyl groups is 2. The lowest BCUT2D eigenvalue weighted by atomic mass is 10.0. The summed E-state index contributed by atoms with van der Waals surface area (Å²) in [6.45, 7) is 4.31. The lowest BCUT2D eigenvalue weighted by Crippen LogP contribution is -2.36. The van der Waals surface area contributed by atoms with Gasteiger partial charge in [0.05, 0.1) is 13.2 Å². The highest BCUT2D eigenvalue weighted by atomic mass is 31.3. The zero-order valence-electron chi connectivity index (χ0n) is 42.0. The average molecular weight is 1030 g/mol. The van der Waals surface area contributed by atoms with Crippen molar-refractivity contribution >= 4 is 39.2 Å². The van der Waals surface area contributed by atoms with Crippen molar-refractivity contribution in [2.75, 3.05) is 25.6 Å². The number of nitrogens with zero attached hydrogens (tertiary/aromatic N) is 2. The number of phosphoric ester groups is 2. The summed E-state index contributed by atoms with van der Waals surface area (Å²) in [7, 11) is -10.9. The Bertz CT molecular complexity index is 1850. The number of nitrogen functional groups attached to an aromatic ring is 1. The number of allylic oxidation sites excluding steroid dienone is 4. The molecule has 1 saturated heterocycles. The molecule has 2 heterocycles. The van der Waals surface area contributed by atoms with Crippen molar-refractivity contribution in [1.29, 1.82) is 0 Å². The minimum Gasteiger partial charge on any atom is -0.462 e. The van der Waals surface area contributed by atoms with Crippen LogP contribution in [0.3, 0.4) is 0 Å². The van der Waals surface area contributed by atoms with Gasteiger partial charge in [0, 0.05) is 25.5 Å². The number of esters is 2. The molecule has 2 rings (SSSR count). The van der Waals surface area contributed by atoms with E-state index in [1.165, 1.54) is 76.7 Å². The van der Waals surface area contributed by atoms with Crippen molar-refractivity contribution in [2.45, 2.75) is 218 Å². The number of aliphatic hydroxyl groups excluding tert-OH is 2. The number of unbranched alkanes of at least 4 members (excludes halogenated alkanes) is 19. The lowest BCUT2D eigenvalue weighted by molar-refractivity contribution is -0.161. The summed E-state index contributed by atoms with van der Waals surface area (Å²) in [6, 6.07) is 1.24. The molecule has 402 valence electrons. The van der Waals surface area contributed by atoms with Gasteiger partial charge in [-0.25, -0.2) is 13.9 Å². The van der Waals surface area contributed by atoms with Crippen LogP contribution in [0.2, 0.25) is 0 Å². The first-order chi connectivity index (χ1) is 33.4. The van der Waals surface area contributed by atoms with Gasteiger partial charge in [-0.1, -0.05) is 155 Å². The fraction of sp³-hybridized carbons (Fsp3) is 0.776. The largest absolute Gasteiger partial charge is 0.481 e. The van der Waals surface area contributed by atoms with Crippen LogP contribution in [0.25, 0.3) is 0 Å². The van der Waals surface area contributed by atoms with Gasteiger partial charge in [-0.2, -0.15) is 9.29 Å². The SMILES string of the molecule is CCCCC/C=C\C=C\C(=O)CCCCCCCC(=O)OC[C@H](COP(=O)(O)OP(=O)(O)OC[C@H]1O[C@@H](n2ccc(N)nc2=O)[C@H](O)[C@@H]1O)OC(=O)CCCCCCCCCCCCCCCC(C)C. The molecule has 0 radical (unpaired) electrons. The van der Waals surface area contributed by atoms with Crippen molar-refractivity contribution in [3.63, 3.8) is 0 Å². The van der Waals surface area contributed by atoms with E-state index in [-0.39, 0.29) is 24.4 Å². The predicted molar refractivity (Wildman–Crippen MR) is 266 cm³/mol. The summed E-state index contributed by atoms with van der Waals surface area (Å²) in [5.74, 6) is -0.547. The zero-order valence-corrected chi connectivity index (χ0v) is 43.8. The molecule has 1 fully saturated rings. The second-order valence-electron chi connectivity index (χ2n) is 18.5. The van der Waals surface area contributed by atoms with Crippen molar-refractivity contribution in [3.05, 3.63) is 47.1 Å². The Morgan fingerprint density at radius 3 is 1.90 bits per heavy atom. The molecule has 70 heavy (non-hydrogen) atoms. The molecule has 19 nitrogen and oxygen atoms in total. The number of carbonyl (C=O) groups is 3. The summed E-state index contributed by atoms with van der Waals surface area (Å²) in [4.78, 5) is 74.0. The van der Waals surface area contributed by atoms with Crippen LogP contribution in [0.1, 0.15) is 194 Å². The highest BCUT2D eigenvalue weighted by Gasteiger charge is 2.46. The summed E-state index contributed by atoms with van der Waals surface area (Å²) < 4.78 is 56.7. The maximum Gasteiger partial charge on any atom is 0.481 e. The Morgan fingerprint density at radius 1 is 0.757 bits per heavy atom. The molecule has 0 bridgehead atoms. The molecular formula is C49H85N3O16P2. The van der Waals surface area contributed by atoms with Crippen LogP contribution in [0.4, 0.5) is 5.82 Å². The van der Waals surface area contributed by atoms with Gasteiger partial charge in [0.1, 0.15) is 30.7 Å². The molecule has 1 aromatic rings. The number of ketones is 1. The van der Waals surface area contributed by atoms with E-state index in [1.54, 1.807) is 12.2 Å². The fourth-order valence-electron chi connectivity index (χ4n) is 7.66. The number of hydrogen-bond acceptors (Lipinski definition) is 16. The number of hydrogen-bond donors (Lipinski definition) is 5. The maximum absolute atomic E-state index is 12.9. The van der Waals surface area contributed by atoms with E-state index in [2.05, 4.69) is 36.1 Å². The van der Waals surface area contributed by atoms with Crippen LogP contribution >= 0.6 is 15.6 Å². The highest BCUT2D eigenvalue weighted by Crippen LogP contribution is 2.60. The highest BCUT2D eigenvalue weighted by molar-refractivity contribution is 7.61. The van der Waals surface area contributed by atoms with Crippen molar-refractivity contribution in [3.8, 4) is 0 Å². The van der Waals surface area contributed by atoms with Gasteiger partial charge in [-0.3, -0.25) is 28.0 Å². The quantitative estimate of drug-likeness (QED) is 0.0134. The second kappa shape index (κ2) is 36.8. The van der Waals surface area contributed by atoms with E-state index in [1.807, 2.05) is 6.08 Å². The van der Waals surface area contributed by atoms with E-state index in [4.69, 9.17) is 29.0 Å². The van der Waals surface area contributed by atoms with Gasteiger partial charge in [0.25, 0.3) is 0 Å². The summed E-state index contributed by atoms with van der Waals surface area (Å²) in [5, 5.41) is 20.9.